The minimum Gasteiger partial charge on any atom is -0.462 e. The molecule has 2 N–H and O–H groups in total. The fourth-order valence-corrected chi connectivity index (χ4v) is 10.0. The Labute approximate surface area is 502 Å². The van der Waals surface area contributed by atoms with E-state index >= 15 is 0 Å². The van der Waals surface area contributed by atoms with Gasteiger partial charge < -0.3 is 24.2 Å². The largest absolute Gasteiger partial charge is 0.472 e. The zero-order valence-corrected chi connectivity index (χ0v) is 53.6. The number of unbranched alkanes of at least 4 members (excludes halogenated alkanes) is 31. The molecule has 0 rings (SSSR count). The van der Waals surface area contributed by atoms with Crippen molar-refractivity contribution in [2.75, 3.05) is 26.4 Å². The van der Waals surface area contributed by atoms with Crippen LogP contribution in [-0.2, 0) is 42.2 Å². The summed E-state index contributed by atoms with van der Waals surface area (Å²) in [6.07, 6.45) is 75.2. The number of esters is 3. The number of allylic oxidation sites excluding steroid dienone is 14. The first-order valence-corrected chi connectivity index (χ1v) is 35.0. The summed E-state index contributed by atoms with van der Waals surface area (Å²) in [7, 11) is -4.76. The standard InChI is InChI=1S/C70H123O11P/c1-4-7-10-13-16-19-22-25-28-31-33-36-38-41-44-47-50-53-56-59-68(72)77-63-67(81-70(74)61-58-55-52-49-46-43-40-37-34-32-29-26-23-20-17-14-11-8-5-2)65-79-82(75,76)78-64-66(62-71)80-69(73)60-57-54-51-48-45-42-39-35-30-27-24-21-18-15-12-9-6-3/h8,11,16-17,19-20,25-26,28-29,33-34,36-37,66-67,71H,4-7,9-10,12-15,18,21-24,27,30-32,35,38-65H2,1-3H3,(H,75,76)/b11-8-,19-16-,20-17-,28-25-,29-26-,36-33-,37-34-. The third-order valence-electron chi connectivity index (χ3n) is 14.3. The molecule has 0 aliphatic carbocycles. The van der Waals surface area contributed by atoms with E-state index < -0.39 is 57.8 Å². The number of hydrogen-bond donors (Lipinski definition) is 2. The fourth-order valence-electron chi connectivity index (χ4n) is 9.24. The molecule has 0 aromatic carbocycles. The van der Waals surface area contributed by atoms with E-state index in [4.69, 9.17) is 23.3 Å². The van der Waals surface area contributed by atoms with Crippen LogP contribution in [-0.4, -0.2) is 66.5 Å². The van der Waals surface area contributed by atoms with Crippen LogP contribution in [0.15, 0.2) is 85.1 Å². The highest BCUT2D eigenvalue weighted by Gasteiger charge is 2.28. The molecule has 0 amide bonds. The van der Waals surface area contributed by atoms with Gasteiger partial charge in [0.25, 0.3) is 0 Å². The fraction of sp³-hybridized carbons (Fsp3) is 0.757. The molecule has 11 nitrogen and oxygen atoms in total. The van der Waals surface area contributed by atoms with Gasteiger partial charge >= 0.3 is 25.7 Å². The maximum absolute atomic E-state index is 13.0. The van der Waals surface area contributed by atoms with Crippen molar-refractivity contribution in [1.82, 2.24) is 0 Å². The summed E-state index contributed by atoms with van der Waals surface area (Å²) < 4.78 is 39.7. The summed E-state index contributed by atoms with van der Waals surface area (Å²) in [4.78, 5) is 48.8. The summed E-state index contributed by atoms with van der Waals surface area (Å²) in [5.74, 6) is -1.48. The molecule has 0 aliphatic rings. The van der Waals surface area contributed by atoms with Crippen molar-refractivity contribution < 1.29 is 52.2 Å². The smallest absolute Gasteiger partial charge is 0.462 e. The first kappa shape index (κ1) is 78.7. The van der Waals surface area contributed by atoms with Gasteiger partial charge in [-0.15, -0.1) is 0 Å². The van der Waals surface area contributed by atoms with Gasteiger partial charge in [0.2, 0.25) is 0 Å². The van der Waals surface area contributed by atoms with E-state index in [2.05, 4.69) is 106 Å². The summed E-state index contributed by atoms with van der Waals surface area (Å²) in [6, 6.07) is 0. The van der Waals surface area contributed by atoms with Crippen molar-refractivity contribution >= 4 is 25.7 Å². The molecular formula is C70H123O11P. The van der Waals surface area contributed by atoms with Crippen molar-refractivity contribution in [2.24, 2.45) is 0 Å². The highest BCUT2D eigenvalue weighted by molar-refractivity contribution is 7.47. The Bertz CT molecular complexity index is 1700. The SMILES string of the molecule is CC/C=C\C/C=C\C/C=C\C/C=C\CCCCCCCCC(=O)OC(COC(=O)CCCCCCCC/C=C\C/C=C\C/C=C\CCCCC)COP(=O)(O)OCC(CO)OC(=O)CCCCCCCCCCCCCCCCCCC. The third-order valence-corrected chi connectivity index (χ3v) is 15.3. The van der Waals surface area contributed by atoms with Crippen molar-refractivity contribution in [3.8, 4) is 0 Å². The molecule has 474 valence electrons. The quantitative estimate of drug-likeness (QED) is 0.0197. The summed E-state index contributed by atoms with van der Waals surface area (Å²) in [5, 5.41) is 9.87. The Hall–Kier alpha value is -3.34. The van der Waals surface area contributed by atoms with Crippen LogP contribution in [0.1, 0.15) is 303 Å². The van der Waals surface area contributed by atoms with Gasteiger partial charge in [-0.05, 0) is 96.3 Å². The van der Waals surface area contributed by atoms with Crippen molar-refractivity contribution in [3.05, 3.63) is 85.1 Å². The van der Waals surface area contributed by atoms with Gasteiger partial charge in [-0.1, -0.05) is 273 Å². The van der Waals surface area contributed by atoms with Crippen LogP contribution < -0.4 is 0 Å². The van der Waals surface area contributed by atoms with E-state index in [0.29, 0.717) is 19.3 Å². The van der Waals surface area contributed by atoms with Crippen LogP contribution in [0.5, 0.6) is 0 Å². The second-order valence-electron chi connectivity index (χ2n) is 22.3. The number of carbonyl (C=O) groups excluding carboxylic acids is 3. The molecule has 0 saturated heterocycles. The molecular weight excluding hydrogens is 1050 g/mol. The van der Waals surface area contributed by atoms with Crippen LogP contribution in [0.25, 0.3) is 0 Å². The molecule has 12 heteroatoms. The molecule has 0 spiro atoms. The molecule has 3 unspecified atom stereocenters. The second kappa shape index (κ2) is 63.7. The average molecular weight is 1170 g/mol. The first-order chi connectivity index (χ1) is 40.2. The average Bonchev–Trinajstić information content (AvgIpc) is 3.50. The van der Waals surface area contributed by atoms with Gasteiger partial charge in [0.1, 0.15) is 12.7 Å². The number of ether oxygens (including phenoxy) is 3. The highest BCUT2D eigenvalue weighted by atomic mass is 31.2. The molecule has 3 atom stereocenters. The van der Waals surface area contributed by atoms with Crippen LogP contribution in [0.4, 0.5) is 0 Å². The molecule has 0 aromatic rings. The van der Waals surface area contributed by atoms with Crippen LogP contribution in [0, 0.1) is 0 Å². The van der Waals surface area contributed by atoms with E-state index in [1.54, 1.807) is 0 Å². The lowest BCUT2D eigenvalue weighted by Gasteiger charge is -2.21. The van der Waals surface area contributed by atoms with Gasteiger partial charge in [-0.25, -0.2) is 4.57 Å². The predicted octanol–water partition coefficient (Wildman–Crippen LogP) is 20.6. The lowest BCUT2D eigenvalue weighted by atomic mass is 10.0. The van der Waals surface area contributed by atoms with Gasteiger partial charge in [-0.3, -0.25) is 23.4 Å². The van der Waals surface area contributed by atoms with E-state index in [0.717, 1.165) is 135 Å². The Morgan fingerprint density at radius 3 is 1.00 bits per heavy atom. The van der Waals surface area contributed by atoms with Crippen molar-refractivity contribution in [1.29, 1.82) is 0 Å². The van der Waals surface area contributed by atoms with Gasteiger partial charge in [0, 0.05) is 19.3 Å². The number of phosphoric ester groups is 1. The molecule has 82 heavy (non-hydrogen) atoms. The van der Waals surface area contributed by atoms with E-state index in [-0.39, 0.29) is 25.9 Å². The first-order valence-electron chi connectivity index (χ1n) is 33.5. The zero-order chi connectivity index (χ0) is 59.8. The monoisotopic (exact) mass is 1170 g/mol. The lowest BCUT2D eigenvalue weighted by molar-refractivity contribution is -0.161. The van der Waals surface area contributed by atoms with Crippen LogP contribution >= 0.6 is 7.82 Å². The Kier molecular flexibility index (Phi) is 61.1. The van der Waals surface area contributed by atoms with E-state index in [1.165, 1.54) is 109 Å². The van der Waals surface area contributed by atoms with Crippen LogP contribution in [0.2, 0.25) is 0 Å². The van der Waals surface area contributed by atoms with E-state index in [1.807, 2.05) is 0 Å². The summed E-state index contributed by atoms with van der Waals surface area (Å²) >= 11 is 0. The number of aliphatic hydroxyl groups excluding tert-OH is 1. The molecule has 0 aromatic heterocycles. The number of carbonyl (C=O) groups is 3. The second-order valence-corrected chi connectivity index (χ2v) is 23.7. The lowest BCUT2D eigenvalue weighted by Crippen LogP contribution is -2.30. The Morgan fingerprint density at radius 1 is 0.354 bits per heavy atom. The molecule has 0 saturated carbocycles. The molecule has 0 fully saturated rings. The minimum atomic E-state index is -4.76. The molecule has 0 aliphatic heterocycles. The topological polar surface area (TPSA) is 155 Å². The predicted molar refractivity (Wildman–Crippen MR) is 344 cm³/mol. The summed E-state index contributed by atoms with van der Waals surface area (Å²) in [5.41, 5.74) is 0. The van der Waals surface area contributed by atoms with Gasteiger partial charge in [0.15, 0.2) is 6.10 Å². The van der Waals surface area contributed by atoms with Crippen molar-refractivity contribution in [3.63, 3.8) is 0 Å². The number of phosphoric acid groups is 1. The number of hydrogen-bond acceptors (Lipinski definition) is 10. The number of rotatable bonds is 62. The van der Waals surface area contributed by atoms with Gasteiger partial charge in [-0.2, -0.15) is 0 Å². The Morgan fingerprint density at radius 2 is 0.634 bits per heavy atom. The molecule has 0 heterocycles. The minimum absolute atomic E-state index is 0.147. The number of aliphatic hydroxyl groups is 1. The Balaban J connectivity index is 4.73. The van der Waals surface area contributed by atoms with E-state index in [9.17, 15) is 28.9 Å². The zero-order valence-electron chi connectivity index (χ0n) is 52.7. The third kappa shape index (κ3) is 61.2. The summed E-state index contributed by atoms with van der Waals surface area (Å²) in [6.45, 7) is 4.53. The van der Waals surface area contributed by atoms with Crippen LogP contribution in [0.3, 0.4) is 0 Å². The molecule has 0 bridgehead atoms. The normalized spacial score (nSPS) is 13.8. The highest BCUT2D eigenvalue weighted by Crippen LogP contribution is 2.43. The maximum atomic E-state index is 13.0. The van der Waals surface area contributed by atoms with Gasteiger partial charge in [0.05, 0.1) is 19.8 Å². The maximum Gasteiger partial charge on any atom is 0.472 e. The molecule has 0 radical (unpaired) electrons. The van der Waals surface area contributed by atoms with Crippen molar-refractivity contribution in [2.45, 2.75) is 315 Å².